The summed E-state index contributed by atoms with van der Waals surface area (Å²) >= 11 is 0. The predicted molar refractivity (Wildman–Crippen MR) is 124 cm³/mol. The van der Waals surface area contributed by atoms with Crippen LogP contribution in [0.5, 0.6) is 0 Å². The zero-order chi connectivity index (χ0) is 18.0. The molecule has 1 heterocycles. The topological polar surface area (TPSA) is 48.9 Å². The zero-order valence-electron chi connectivity index (χ0n) is 16.5. The van der Waals surface area contributed by atoms with E-state index in [9.17, 15) is 0 Å². The first-order valence-electron chi connectivity index (χ1n) is 10.2. The molecule has 152 valence electrons. The van der Waals surface area contributed by atoms with Gasteiger partial charge in [0.1, 0.15) is 0 Å². The monoisotopic (exact) mass is 486 g/mol. The summed E-state index contributed by atoms with van der Waals surface area (Å²) in [6.07, 6.45) is 9.21. The van der Waals surface area contributed by atoms with Gasteiger partial charge in [0.25, 0.3) is 0 Å². The Morgan fingerprint density at radius 1 is 1.15 bits per heavy atom. The summed E-state index contributed by atoms with van der Waals surface area (Å²) in [5, 5.41) is 6.99. The number of guanidine groups is 1. The Kier molecular flexibility index (Phi) is 10.3. The third-order valence-electron chi connectivity index (χ3n) is 5.39. The number of benzene rings is 1. The Balaban J connectivity index is 0.00000261. The van der Waals surface area contributed by atoms with Gasteiger partial charge >= 0.3 is 0 Å². The third kappa shape index (κ3) is 7.49. The Morgan fingerprint density at radius 2 is 1.93 bits per heavy atom. The number of ether oxygens (including phenoxy) is 1. The molecule has 2 aliphatic rings. The standard InChI is InChI=1S/C21H34N4O.HI/c1-22-21(23-14-8-16-26-20-11-6-3-7-12-20)24-18-13-15-25(17-18)19-9-4-2-5-10-19;/h2,4-5,9-10,18,20H,3,6-8,11-17H2,1H3,(H2,22,23,24);1H. The predicted octanol–water partition coefficient (Wildman–Crippen LogP) is 3.79. The highest BCUT2D eigenvalue weighted by atomic mass is 127. The number of rotatable bonds is 7. The molecule has 1 aromatic carbocycles. The molecule has 1 atom stereocenters. The fourth-order valence-electron chi connectivity index (χ4n) is 3.90. The minimum Gasteiger partial charge on any atom is -0.378 e. The molecule has 1 aliphatic heterocycles. The summed E-state index contributed by atoms with van der Waals surface area (Å²) < 4.78 is 5.99. The average molecular weight is 486 g/mol. The summed E-state index contributed by atoms with van der Waals surface area (Å²) in [6, 6.07) is 11.1. The van der Waals surface area contributed by atoms with Gasteiger partial charge in [-0.05, 0) is 37.8 Å². The Hall–Kier alpha value is -1.02. The van der Waals surface area contributed by atoms with Gasteiger partial charge in [-0.2, -0.15) is 0 Å². The first kappa shape index (κ1) is 22.3. The molecule has 0 amide bonds. The Morgan fingerprint density at radius 3 is 2.67 bits per heavy atom. The molecule has 27 heavy (non-hydrogen) atoms. The van der Waals surface area contributed by atoms with E-state index in [1.807, 2.05) is 7.05 Å². The first-order valence-corrected chi connectivity index (χ1v) is 10.2. The van der Waals surface area contributed by atoms with Gasteiger partial charge in [0, 0.05) is 45.0 Å². The van der Waals surface area contributed by atoms with Crippen molar-refractivity contribution in [3.05, 3.63) is 30.3 Å². The van der Waals surface area contributed by atoms with Gasteiger partial charge < -0.3 is 20.3 Å². The number of hydrogen-bond donors (Lipinski definition) is 2. The molecule has 0 spiro atoms. The molecular formula is C21H35IN4O. The van der Waals surface area contributed by atoms with Crippen LogP contribution < -0.4 is 15.5 Å². The summed E-state index contributed by atoms with van der Waals surface area (Å²) in [5.74, 6) is 0.905. The molecule has 1 aliphatic carbocycles. The average Bonchev–Trinajstić information content (AvgIpc) is 3.17. The second-order valence-corrected chi connectivity index (χ2v) is 7.39. The van der Waals surface area contributed by atoms with Gasteiger partial charge in [0.2, 0.25) is 0 Å². The first-order chi connectivity index (χ1) is 12.8. The maximum absolute atomic E-state index is 5.99. The van der Waals surface area contributed by atoms with Crippen LogP contribution in [-0.2, 0) is 4.74 Å². The van der Waals surface area contributed by atoms with Crippen LogP contribution in [0.2, 0.25) is 0 Å². The highest BCUT2D eigenvalue weighted by Crippen LogP contribution is 2.20. The maximum atomic E-state index is 5.99. The van der Waals surface area contributed by atoms with E-state index in [-0.39, 0.29) is 24.0 Å². The fraction of sp³-hybridized carbons (Fsp3) is 0.667. The van der Waals surface area contributed by atoms with Gasteiger partial charge in [-0.15, -0.1) is 24.0 Å². The van der Waals surface area contributed by atoms with Crippen LogP contribution in [0.25, 0.3) is 0 Å². The Labute approximate surface area is 181 Å². The molecule has 5 nitrogen and oxygen atoms in total. The van der Waals surface area contributed by atoms with E-state index in [0.29, 0.717) is 12.1 Å². The number of nitrogens with one attached hydrogen (secondary N) is 2. The minimum atomic E-state index is 0. The lowest BCUT2D eigenvalue weighted by Crippen LogP contribution is -2.45. The lowest BCUT2D eigenvalue weighted by molar-refractivity contribution is 0.0277. The van der Waals surface area contributed by atoms with Crippen molar-refractivity contribution >= 4 is 35.6 Å². The van der Waals surface area contributed by atoms with Gasteiger partial charge in [0.05, 0.1) is 6.10 Å². The summed E-state index contributed by atoms with van der Waals surface area (Å²) in [7, 11) is 1.85. The van der Waals surface area contributed by atoms with Gasteiger partial charge in [-0.1, -0.05) is 37.5 Å². The number of anilines is 1. The van der Waals surface area contributed by atoms with E-state index < -0.39 is 0 Å². The third-order valence-corrected chi connectivity index (χ3v) is 5.39. The van der Waals surface area contributed by atoms with Crippen molar-refractivity contribution in [2.75, 3.05) is 38.2 Å². The molecule has 6 heteroatoms. The lowest BCUT2D eigenvalue weighted by Gasteiger charge is -2.22. The molecule has 1 saturated carbocycles. The highest BCUT2D eigenvalue weighted by molar-refractivity contribution is 14.0. The van der Waals surface area contributed by atoms with E-state index in [4.69, 9.17) is 4.74 Å². The van der Waals surface area contributed by atoms with Crippen molar-refractivity contribution < 1.29 is 4.74 Å². The van der Waals surface area contributed by atoms with Crippen molar-refractivity contribution in [3.63, 3.8) is 0 Å². The fourth-order valence-corrected chi connectivity index (χ4v) is 3.90. The van der Waals surface area contributed by atoms with Crippen molar-refractivity contribution in [2.45, 2.75) is 57.1 Å². The number of halogens is 1. The number of nitrogens with zero attached hydrogens (tertiary/aromatic N) is 2. The van der Waals surface area contributed by atoms with Gasteiger partial charge in [0.15, 0.2) is 5.96 Å². The van der Waals surface area contributed by atoms with Crippen LogP contribution in [0.4, 0.5) is 5.69 Å². The molecule has 3 rings (SSSR count). The van der Waals surface area contributed by atoms with Crippen molar-refractivity contribution in [2.24, 2.45) is 4.99 Å². The normalized spacial score (nSPS) is 21.0. The minimum absolute atomic E-state index is 0. The zero-order valence-corrected chi connectivity index (χ0v) is 18.9. The summed E-state index contributed by atoms with van der Waals surface area (Å²) in [5.41, 5.74) is 1.31. The SMILES string of the molecule is CN=C(NCCCOC1CCCCC1)NC1CCN(c2ccccc2)C1.I. The maximum Gasteiger partial charge on any atom is 0.191 e. The van der Waals surface area contributed by atoms with E-state index in [1.54, 1.807) is 0 Å². The lowest BCUT2D eigenvalue weighted by atomic mass is 9.98. The second-order valence-electron chi connectivity index (χ2n) is 7.39. The van der Waals surface area contributed by atoms with Crippen LogP contribution in [0.1, 0.15) is 44.9 Å². The molecule has 1 aromatic rings. The molecule has 0 radical (unpaired) electrons. The molecule has 0 aromatic heterocycles. The quantitative estimate of drug-likeness (QED) is 0.267. The molecule has 1 unspecified atom stereocenters. The molecule has 2 N–H and O–H groups in total. The van der Waals surface area contributed by atoms with E-state index >= 15 is 0 Å². The van der Waals surface area contributed by atoms with Crippen molar-refractivity contribution in [1.29, 1.82) is 0 Å². The van der Waals surface area contributed by atoms with E-state index in [0.717, 1.165) is 45.0 Å². The molecular weight excluding hydrogens is 451 g/mol. The van der Waals surface area contributed by atoms with Crippen LogP contribution >= 0.6 is 24.0 Å². The molecule has 1 saturated heterocycles. The van der Waals surface area contributed by atoms with Crippen LogP contribution in [0.3, 0.4) is 0 Å². The van der Waals surface area contributed by atoms with Crippen LogP contribution in [0, 0.1) is 0 Å². The smallest absolute Gasteiger partial charge is 0.191 e. The molecule has 2 fully saturated rings. The van der Waals surface area contributed by atoms with Gasteiger partial charge in [-0.3, -0.25) is 4.99 Å². The van der Waals surface area contributed by atoms with E-state index in [2.05, 4.69) is 50.9 Å². The van der Waals surface area contributed by atoms with E-state index in [1.165, 1.54) is 37.8 Å². The van der Waals surface area contributed by atoms with Crippen molar-refractivity contribution in [1.82, 2.24) is 10.6 Å². The Bertz CT molecular complexity index is 548. The van der Waals surface area contributed by atoms with Crippen LogP contribution in [0.15, 0.2) is 35.3 Å². The second kappa shape index (κ2) is 12.4. The highest BCUT2D eigenvalue weighted by Gasteiger charge is 2.23. The number of aliphatic imine (C=N–C) groups is 1. The number of para-hydroxylation sites is 1. The van der Waals surface area contributed by atoms with Crippen molar-refractivity contribution in [3.8, 4) is 0 Å². The number of hydrogen-bond acceptors (Lipinski definition) is 3. The summed E-state index contributed by atoms with van der Waals surface area (Å²) in [4.78, 5) is 6.81. The van der Waals surface area contributed by atoms with Crippen LogP contribution in [-0.4, -0.2) is 51.4 Å². The largest absolute Gasteiger partial charge is 0.378 e. The van der Waals surface area contributed by atoms with Gasteiger partial charge in [-0.25, -0.2) is 0 Å². The molecule has 0 bridgehead atoms. The summed E-state index contributed by atoms with van der Waals surface area (Å²) in [6.45, 7) is 3.87.